The van der Waals surface area contributed by atoms with Crippen molar-refractivity contribution in [1.29, 1.82) is 0 Å². The molecule has 138 valence electrons. The Morgan fingerprint density at radius 2 is 2.04 bits per heavy atom. The summed E-state index contributed by atoms with van der Waals surface area (Å²) in [6, 6.07) is 15.3. The first-order valence-electron chi connectivity index (χ1n) is 9.25. The molecule has 3 aromatic rings. The first-order valence-corrected chi connectivity index (χ1v) is 9.25. The van der Waals surface area contributed by atoms with E-state index in [1.54, 1.807) is 11.1 Å². The molecule has 0 spiro atoms. The van der Waals surface area contributed by atoms with E-state index in [0.717, 1.165) is 29.4 Å². The van der Waals surface area contributed by atoms with Crippen LogP contribution in [-0.2, 0) is 11.3 Å². The maximum absolute atomic E-state index is 12.9. The summed E-state index contributed by atoms with van der Waals surface area (Å²) in [5, 5.41) is 3.96. The normalized spacial score (nSPS) is 17.0. The summed E-state index contributed by atoms with van der Waals surface area (Å²) in [5.74, 6) is -0.251. The van der Waals surface area contributed by atoms with Gasteiger partial charge in [-0.25, -0.2) is 0 Å². The lowest BCUT2D eigenvalue weighted by Gasteiger charge is -2.31. The van der Waals surface area contributed by atoms with Crippen LogP contribution < -0.4 is 5.32 Å². The molecule has 6 nitrogen and oxygen atoms in total. The van der Waals surface area contributed by atoms with Gasteiger partial charge in [0.15, 0.2) is 0 Å². The summed E-state index contributed by atoms with van der Waals surface area (Å²) in [4.78, 5) is 34.6. The Morgan fingerprint density at radius 3 is 2.85 bits per heavy atom. The highest BCUT2D eigenvalue weighted by atomic mass is 16.2. The third-order valence-corrected chi connectivity index (χ3v) is 5.01. The van der Waals surface area contributed by atoms with Gasteiger partial charge in [-0.3, -0.25) is 14.6 Å². The summed E-state index contributed by atoms with van der Waals surface area (Å²) in [6.45, 7) is 1.53. The van der Waals surface area contributed by atoms with Crippen molar-refractivity contribution in [2.45, 2.75) is 19.4 Å². The summed E-state index contributed by atoms with van der Waals surface area (Å²) in [5.41, 5.74) is 2.35. The van der Waals surface area contributed by atoms with E-state index < -0.39 is 0 Å². The molecule has 2 amide bonds. The van der Waals surface area contributed by atoms with Crippen molar-refractivity contribution < 1.29 is 9.59 Å². The van der Waals surface area contributed by atoms with E-state index in [-0.39, 0.29) is 17.7 Å². The van der Waals surface area contributed by atoms with E-state index in [0.29, 0.717) is 25.3 Å². The van der Waals surface area contributed by atoms with Crippen molar-refractivity contribution >= 4 is 22.7 Å². The maximum Gasteiger partial charge on any atom is 0.270 e. The van der Waals surface area contributed by atoms with Gasteiger partial charge in [0.1, 0.15) is 5.69 Å². The SMILES string of the molecule is O=C(NCc1ccccn1)[C@H]1CCCN(C(=O)c2cc3ccccc3[nH]2)C1. The fraction of sp³-hybridized carbons (Fsp3) is 0.286. The standard InChI is InChI=1S/C21H22N4O2/c26-20(23-13-17-8-3-4-10-22-17)16-7-5-11-25(14-16)21(27)19-12-15-6-1-2-9-18(15)24-19/h1-4,6,8-10,12,16,24H,5,7,11,13-14H2,(H,23,26)/t16-/m0/s1. The van der Waals surface area contributed by atoms with Crippen LogP contribution in [0.2, 0.25) is 0 Å². The molecule has 2 aromatic heterocycles. The van der Waals surface area contributed by atoms with Crippen LogP contribution in [0.4, 0.5) is 0 Å². The molecule has 0 aliphatic carbocycles. The minimum absolute atomic E-state index is 0.0187. The number of amides is 2. The molecule has 1 aliphatic heterocycles. The minimum atomic E-state index is -0.184. The number of H-pyrrole nitrogens is 1. The molecule has 4 rings (SSSR count). The lowest BCUT2D eigenvalue weighted by Crippen LogP contribution is -2.45. The molecular formula is C21H22N4O2. The smallest absolute Gasteiger partial charge is 0.270 e. The number of nitrogens with one attached hydrogen (secondary N) is 2. The average Bonchev–Trinajstić information content (AvgIpc) is 3.16. The summed E-state index contributed by atoms with van der Waals surface area (Å²) in [7, 11) is 0. The number of benzene rings is 1. The van der Waals surface area contributed by atoms with Crippen molar-refractivity contribution in [2.75, 3.05) is 13.1 Å². The number of fused-ring (bicyclic) bond motifs is 1. The Morgan fingerprint density at radius 1 is 1.19 bits per heavy atom. The molecule has 1 aliphatic rings. The topological polar surface area (TPSA) is 78.1 Å². The molecule has 0 saturated carbocycles. The van der Waals surface area contributed by atoms with Crippen LogP contribution in [0, 0.1) is 5.92 Å². The lowest BCUT2D eigenvalue weighted by atomic mass is 9.97. The van der Waals surface area contributed by atoms with Crippen LogP contribution in [0.25, 0.3) is 10.9 Å². The second kappa shape index (κ2) is 7.61. The Kier molecular flexibility index (Phi) is 4.87. The van der Waals surface area contributed by atoms with Crippen LogP contribution in [-0.4, -0.2) is 39.8 Å². The van der Waals surface area contributed by atoms with Gasteiger partial charge in [0.25, 0.3) is 5.91 Å². The van der Waals surface area contributed by atoms with Gasteiger partial charge in [0, 0.05) is 30.2 Å². The third-order valence-electron chi connectivity index (χ3n) is 5.01. The number of nitrogens with zero attached hydrogens (tertiary/aromatic N) is 2. The van der Waals surface area contributed by atoms with Crippen LogP contribution in [0.1, 0.15) is 29.0 Å². The Labute approximate surface area is 157 Å². The molecule has 0 unspecified atom stereocenters. The van der Waals surface area contributed by atoms with Gasteiger partial charge in [0.05, 0.1) is 18.2 Å². The highest BCUT2D eigenvalue weighted by Gasteiger charge is 2.29. The van der Waals surface area contributed by atoms with Gasteiger partial charge in [-0.05, 0) is 37.1 Å². The number of rotatable bonds is 4. The van der Waals surface area contributed by atoms with Crippen molar-refractivity contribution in [3.05, 3.63) is 66.1 Å². The average molecular weight is 362 g/mol. The number of para-hydroxylation sites is 1. The zero-order valence-corrected chi connectivity index (χ0v) is 15.0. The zero-order valence-electron chi connectivity index (χ0n) is 15.0. The minimum Gasteiger partial charge on any atom is -0.351 e. The molecule has 3 heterocycles. The molecular weight excluding hydrogens is 340 g/mol. The molecule has 0 radical (unpaired) electrons. The van der Waals surface area contributed by atoms with E-state index in [4.69, 9.17) is 0 Å². The van der Waals surface area contributed by atoms with Gasteiger partial charge in [-0.1, -0.05) is 24.3 Å². The van der Waals surface area contributed by atoms with Crippen molar-refractivity contribution in [2.24, 2.45) is 5.92 Å². The first-order chi connectivity index (χ1) is 13.2. The predicted octanol–water partition coefficient (Wildman–Crippen LogP) is 2.73. The van der Waals surface area contributed by atoms with Crippen molar-refractivity contribution in [3.63, 3.8) is 0 Å². The predicted molar refractivity (Wildman–Crippen MR) is 103 cm³/mol. The zero-order chi connectivity index (χ0) is 18.6. The second-order valence-corrected chi connectivity index (χ2v) is 6.90. The van der Waals surface area contributed by atoms with Gasteiger partial charge in [-0.2, -0.15) is 0 Å². The number of hydrogen-bond acceptors (Lipinski definition) is 3. The fourth-order valence-corrected chi connectivity index (χ4v) is 3.56. The monoisotopic (exact) mass is 362 g/mol. The Hall–Kier alpha value is -3.15. The van der Waals surface area contributed by atoms with Crippen molar-refractivity contribution in [1.82, 2.24) is 20.2 Å². The lowest BCUT2D eigenvalue weighted by molar-refractivity contribution is -0.126. The second-order valence-electron chi connectivity index (χ2n) is 6.90. The van der Waals surface area contributed by atoms with Crippen LogP contribution >= 0.6 is 0 Å². The third kappa shape index (κ3) is 3.84. The molecule has 1 aromatic carbocycles. The van der Waals surface area contributed by atoms with E-state index in [2.05, 4.69) is 15.3 Å². The first kappa shape index (κ1) is 17.3. The molecule has 6 heteroatoms. The van der Waals surface area contributed by atoms with Crippen LogP contribution in [0.15, 0.2) is 54.7 Å². The summed E-state index contributed by atoms with van der Waals surface area (Å²) >= 11 is 0. The molecule has 1 atom stereocenters. The number of carbonyl (C=O) groups is 2. The van der Waals surface area contributed by atoms with E-state index in [1.807, 2.05) is 48.5 Å². The number of pyridine rings is 1. The Balaban J connectivity index is 1.39. The van der Waals surface area contributed by atoms with Crippen LogP contribution in [0.5, 0.6) is 0 Å². The van der Waals surface area contributed by atoms with Gasteiger partial charge < -0.3 is 15.2 Å². The van der Waals surface area contributed by atoms with Gasteiger partial charge in [0.2, 0.25) is 5.91 Å². The quantitative estimate of drug-likeness (QED) is 0.749. The summed E-state index contributed by atoms with van der Waals surface area (Å²) < 4.78 is 0. The number of aromatic amines is 1. The number of piperidine rings is 1. The largest absolute Gasteiger partial charge is 0.351 e. The molecule has 27 heavy (non-hydrogen) atoms. The fourth-order valence-electron chi connectivity index (χ4n) is 3.56. The van der Waals surface area contributed by atoms with Gasteiger partial charge in [-0.15, -0.1) is 0 Å². The molecule has 1 saturated heterocycles. The maximum atomic E-state index is 12.9. The highest BCUT2D eigenvalue weighted by molar-refractivity contribution is 5.98. The Bertz CT molecular complexity index is 918. The number of likely N-dealkylation sites (tertiary alicyclic amines) is 1. The number of aromatic nitrogens is 2. The van der Waals surface area contributed by atoms with Crippen molar-refractivity contribution in [3.8, 4) is 0 Å². The molecule has 2 N–H and O–H groups in total. The number of hydrogen-bond donors (Lipinski definition) is 2. The molecule has 1 fully saturated rings. The molecule has 0 bridgehead atoms. The van der Waals surface area contributed by atoms with E-state index in [1.165, 1.54) is 0 Å². The highest BCUT2D eigenvalue weighted by Crippen LogP contribution is 2.21. The summed E-state index contributed by atoms with van der Waals surface area (Å²) in [6.07, 6.45) is 3.33. The van der Waals surface area contributed by atoms with E-state index >= 15 is 0 Å². The number of carbonyl (C=O) groups excluding carboxylic acids is 2. The van der Waals surface area contributed by atoms with Crippen LogP contribution in [0.3, 0.4) is 0 Å². The van der Waals surface area contributed by atoms with Gasteiger partial charge >= 0.3 is 0 Å². The van der Waals surface area contributed by atoms with E-state index in [9.17, 15) is 9.59 Å².